The zero-order valence-electron chi connectivity index (χ0n) is 14.8. The number of nitrogens with zero attached hydrogens (tertiary/aromatic N) is 1. The zero-order chi connectivity index (χ0) is 19.7. The van der Waals surface area contributed by atoms with Crippen LogP contribution in [0.15, 0.2) is 65.6 Å². The monoisotopic (exact) mass is 395 g/mol. The molecule has 2 aromatic heterocycles. The largest absolute Gasteiger partial charge is 0.497 e. The second kappa shape index (κ2) is 7.32. The fourth-order valence-electron chi connectivity index (χ4n) is 2.88. The lowest BCUT2D eigenvalue weighted by atomic mass is 10.1. The predicted molar refractivity (Wildman–Crippen MR) is 109 cm³/mol. The van der Waals surface area contributed by atoms with Gasteiger partial charge in [0.1, 0.15) is 17.4 Å². The Morgan fingerprint density at radius 2 is 1.96 bits per heavy atom. The van der Waals surface area contributed by atoms with Gasteiger partial charge in [-0.2, -0.15) is 0 Å². The van der Waals surface area contributed by atoms with Crippen LogP contribution in [0, 0.1) is 5.82 Å². The first-order valence-corrected chi connectivity index (χ1v) is 8.81. The van der Waals surface area contributed by atoms with Gasteiger partial charge in [0.15, 0.2) is 0 Å². The lowest BCUT2D eigenvalue weighted by molar-refractivity contribution is 0.415. The third-order valence-electron chi connectivity index (χ3n) is 4.30. The molecule has 0 spiro atoms. The summed E-state index contributed by atoms with van der Waals surface area (Å²) in [6.07, 6.45) is 1.61. The van der Waals surface area contributed by atoms with E-state index in [9.17, 15) is 9.18 Å². The van der Waals surface area contributed by atoms with Gasteiger partial charge in [0, 0.05) is 28.9 Å². The molecule has 0 aliphatic rings. The minimum atomic E-state index is -0.492. The van der Waals surface area contributed by atoms with Crippen LogP contribution in [0.25, 0.3) is 22.0 Å². The van der Waals surface area contributed by atoms with Crippen molar-refractivity contribution in [2.75, 3.05) is 12.4 Å². The molecule has 0 aliphatic carbocycles. The molecule has 4 aromatic rings. The van der Waals surface area contributed by atoms with E-state index in [0.29, 0.717) is 22.9 Å². The van der Waals surface area contributed by atoms with Crippen LogP contribution in [-0.4, -0.2) is 17.1 Å². The second-order valence-corrected chi connectivity index (χ2v) is 6.55. The molecular formula is C21H15ClFN3O2. The van der Waals surface area contributed by atoms with Crippen molar-refractivity contribution in [1.82, 2.24) is 9.97 Å². The summed E-state index contributed by atoms with van der Waals surface area (Å²) in [5.74, 6) is 0.750. The van der Waals surface area contributed by atoms with Gasteiger partial charge in [0.25, 0.3) is 0 Å². The number of anilines is 2. The van der Waals surface area contributed by atoms with Crippen molar-refractivity contribution < 1.29 is 9.13 Å². The van der Waals surface area contributed by atoms with E-state index >= 15 is 0 Å². The number of hydrogen-bond donors (Lipinski definition) is 2. The molecule has 2 aromatic carbocycles. The molecule has 2 heterocycles. The van der Waals surface area contributed by atoms with Crippen molar-refractivity contribution in [3.8, 4) is 17.0 Å². The molecule has 7 heteroatoms. The smallest absolute Gasteiger partial charge is 0.247 e. The Balaban J connectivity index is 1.88. The Bertz CT molecular complexity index is 1220. The number of fused-ring (bicyclic) bond motifs is 1. The molecule has 0 unspecified atom stereocenters. The van der Waals surface area contributed by atoms with Crippen LogP contribution < -0.4 is 15.6 Å². The summed E-state index contributed by atoms with van der Waals surface area (Å²) in [6, 6.07) is 15.1. The Hall–Kier alpha value is -3.38. The molecule has 0 bridgehead atoms. The molecular weight excluding hydrogens is 381 g/mol. The van der Waals surface area contributed by atoms with Gasteiger partial charge >= 0.3 is 0 Å². The van der Waals surface area contributed by atoms with E-state index in [-0.39, 0.29) is 10.6 Å². The van der Waals surface area contributed by atoms with Crippen LogP contribution in [0.2, 0.25) is 5.02 Å². The van der Waals surface area contributed by atoms with Gasteiger partial charge < -0.3 is 15.0 Å². The van der Waals surface area contributed by atoms with Crippen LogP contribution in [0.5, 0.6) is 5.75 Å². The molecule has 0 atom stereocenters. The number of halogens is 2. The van der Waals surface area contributed by atoms with E-state index in [2.05, 4.69) is 10.3 Å². The van der Waals surface area contributed by atoms with Gasteiger partial charge in [0.2, 0.25) is 5.56 Å². The first-order chi connectivity index (χ1) is 13.5. The highest BCUT2D eigenvalue weighted by molar-refractivity contribution is 6.31. The van der Waals surface area contributed by atoms with Gasteiger partial charge in [-0.05, 0) is 47.9 Å². The Morgan fingerprint density at radius 3 is 2.68 bits per heavy atom. The molecule has 0 amide bonds. The SMILES string of the molecule is COc1ccc2cc(-c3ccc(=O)[nH]c3)nc(Nc3ccc(F)c(Cl)c3)c2c1. The first-order valence-electron chi connectivity index (χ1n) is 8.43. The number of aromatic amines is 1. The maximum absolute atomic E-state index is 13.5. The average Bonchev–Trinajstić information content (AvgIpc) is 2.71. The average molecular weight is 396 g/mol. The molecule has 0 fully saturated rings. The number of hydrogen-bond acceptors (Lipinski definition) is 4. The van der Waals surface area contributed by atoms with E-state index in [1.54, 1.807) is 25.4 Å². The van der Waals surface area contributed by atoms with Gasteiger partial charge in [-0.1, -0.05) is 17.7 Å². The summed E-state index contributed by atoms with van der Waals surface area (Å²) in [5.41, 5.74) is 1.84. The summed E-state index contributed by atoms with van der Waals surface area (Å²) in [6.45, 7) is 0. The number of ether oxygens (including phenoxy) is 1. The standard InChI is InChI=1S/C21H15ClFN3O2/c1-28-15-5-2-12-8-19(13-3-7-20(27)24-11-13)26-21(16(12)10-15)25-14-4-6-18(23)17(22)9-14/h2-11H,1H3,(H,24,27)(H,25,26). The summed E-state index contributed by atoms with van der Waals surface area (Å²) in [4.78, 5) is 18.7. The van der Waals surface area contributed by atoms with E-state index in [4.69, 9.17) is 21.3 Å². The Labute approximate surface area is 164 Å². The van der Waals surface area contributed by atoms with Crippen LogP contribution >= 0.6 is 11.6 Å². The normalized spacial score (nSPS) is 10.8. The number of aromatic nitrogens is 2. The molecule has 140 valence electrons. The lowest BCUT2D eigenvalue weighted by Gasteiger charge is -2.13. The Kier molecular flexibility index (Phi) is 4.71. The van der Waals surface area contributed by atoms with Crippen LogP contribution in [0.1, 0.15) is 0 Å². The number of methoxy groups -OCH3 is 1. The number of nitrogens with one attached hydrogen (secondary N) is 2. The number of pyridine rings is 2. The van der Waals surface area contributed by atoms with Crippen molar-refractivity contribution in [1.29, 1.82) is 0 Å². The molecule has 2 N–H and O–H groups in total. The van der Waals surface area contributed by atoms with Gasteiger partial charge in [-0.25, -0.2) is 9.37 Å². The predicted octanol–water partition coefficient (Wildman–Crippen LogP) is 5.13. The third-order valence-corrected chi connectivity index (χ3v) is 4.59. The van der Waals surface area contributed by atoms with Gasteiger partial charge in [-0.15, -0.1) is 0 Å². The van der Waals surface area contributed by atoms with Gasteiger partial charge in [-0.3, -0.25) is 4.79 Å². The molecule has 28 heavy (non-hydrogen) atoms. The third kappa shape index (κ3) is 3.54. The van der Waals surface area contributed by atoms with Crippen LogP contribution in [-0.2, 0) is 0 Å². The lowest BCUT2D eigenvalue weighted by Crippen LogP contribution is -2.02. The molecule has 4 rings (SSSR count). The van der Waals surface area contributed by atoms with Crippen LogP contribution in [0.4, 0.5) is 15.9 Å². The highest BCUT2D eigenvalue weighted by atomic mass is 35.5. The molecule has 5 nitrogen and oxygen atoms in total. The molecule has 0 saturated heterocycles. The van der Waals surface area contributed by atoms with Crippen molar-refractivity contribution in [2.24, 2.45) is 0 Å². The summed E-state index contributed by atoms with van der Waals surface area (Å²) >= 11 is 5.90. The first kappa shape index (κ1) is 18.0. The van der Waals surface area contributed by atoms with Crippen molar-refractivity contribution in [3.05, 3.63) is 82.0 Å². The minimum Gasteiger partial charge on any atom is -0.497 e. The quantitative estimate of drug-likeness (QED) is 0.502. The molecule has 0 aliphatic heterocycles. The summed E-state index contributed by atoms with van der Waals surface area (Å²) in [7, 11) is 1.59. The van der Waals surface area contributed by atoms with Crippen molar-refractivity contribution in [3.63, 3.8) is 0 Å². The highest BCUT2D eigenvalue weighted by Crippen LogP contribution is 2.32. The maximum Gasteiger partial charge on any atom is 0.247 e. The number of rotatable bonds is 4. The molecule has 0 saturated carbocycles. The van der Waals surface area contributed by atoms with E-state index in [1.165, 1.54) is 18.2 Å². The summed E-state index contributed by atoms with van der Waals surface area (Å²) < 4.78 is 18.8. The van der Waals surface area contributed by atoms with E-state index < -0.39 is 5.82 Å². The van der Waals surface area contributed by atoms with Crippen molar-refractivity contribution in [2.45, 2.75) is 0 Å². The van der Waals surface area contributed by atoms with Gasteiger partial charge in [0.05, 0.1) is 17.8 Å². The zero-order valence-corrected chi connectivity index (χ0v) is 15.5. The Morgan fingerprint density at radius 1 is 1.11 bits per heavy atom. The summed E-state index contributed by atoms with van der Waals surface area (Å²) in [5, 5.41) is 4.97. The highest BCUT2D eigenvalue weighted by Gasteiger charge is 2.11. The van der Waals surface area contributed by atoms with Crippen molar-refractivity contribution >= 4 is 33.9 Å². The number of H-pyrrole nitrogens is 1. The second-order valence-electron chi connectivity index (χ2n) is 6.14. The fraction of sp³-hybridized carbons (Fsp3) is 0.0476. The van der Waals surface area contributed by atoms with E-state index in [1.807, 2.05) is 24.3 Å². The van der Waals surface area contributed by atoms with Crippen LogP contribution in [0.3, 0.4) is 0 Å². The minimum absolute atomic E-state index is 0.0173. The van der Waals surface area contributed by atoms with E-state index in [0.717, 1.165) is 16.3 Å². The molecule has 0 radical (unpaired) electrons. The topological polar surface area (TPSA) is 67.0 Å². The fourth-order valence-corrected chi connectivity index (χ4v) is 3.06. The number of benzene rings is 2. The maximum atomic E-state index is 13.5.